The van der Waals surface area contributed by atoms with E-state index >= 15 is 0 Å². The van der Waals surface area contributed by atoms with Crippen molar-refractivity contribution in [2.45, 2.75) is 31.9 Å². The first-order valence-electron chi connectivity index (χ1n) is 9.78. The number of aromatic amines is 1. The Bertz CT molecular complexity index is 923. The summed E-state index contributed by atoms with van der Waals surface area (Å²) in [4.78, 5) is 31.0. The molecule has 7 nitrogen and oxygen atoms in total. The summed E-state index contributed by atoms with van der Waals surface area (Å²) in [6.07, 6.45) is 2.54. The number of nitrogens with zero attached hydrogens (tertiary/aromatic N) is 1. The molecule has 0 amide bonds. The lowest BCUT2D eigenvalue weighted by atomic mass is 9.62. The smallest absolute Gasteiger partial charge is 0.313 e. The van der Waals surface area contributed by atoms with Gasteiger partial charge in [0.25, 0.3) is 0 Å². The van der Waals surface area contributed by atoms with Crippen molar-refractivity contribution in [2.75, 3.05) is 26.8 Å². The van der Waals surface area contributed by atoms with Gasteiger partial charge in [0, 0.05) is 29.7 Å². The first-order valence-corrected chi connectivity index (χ1v) is 9.78. The Morgan fingerprint density at radius 3 is 2.68 bits per heavy atom. The van der Waals surface area contributed by atoms with E-state index in [9.17, 15) is 14.7 Å². The number of piperidine rings is 1. The zero-order chi connectivity index (χ0) is 20.1. The number of H-pyrrole nitrogens is 1. The first kappa shape index (κ1) is 19.0. The summed E-state index contributed by atoms with van der Waals surface area (Å²) in [6, 6.07) is 5.30. The first-order chi connectivity index (χ1) is 13.4. The van der Waals surface area contributed by atoms with Gasteiger partial charge in [-0.15, -0.1) is 0 Å². The van der Waals surface area contributed by atoms with Crippen molar-refractivity contribution in [2.24, 2.45) is 11.8 Å². The number of carbonyl (C=O) groups excluding carboxylic acids is 2. The Balaban J connectivity index is 1.92. The Hall–Kier alpha value is -2.38. The van der Waals surface area contributed by atoms with Crippen LogP contribution in [0, 0.1) is 11.8 Å². The fourth-order valence-corrected chi connectivity index (χ4v) is 5.05. The van der Waals surface area contributed by atoms with Crippen LogP contribution < -0.4 is 0 Å². The monoisotopic (exact) mass is 386 g/mol. The van der Waals surface area contributed by atoms with Crippen molar-refractivity contribution in [1.82, 2.24) is 9.88 Å². The van der Waals surface area contributed by atoms with Crippen LogP contribution in [0.2, 0.25) is 0 Å². The third kappa shape index (κ3) is 2.57. The quantitative estimate of drug-likeness (QED) is 0.776. The van der Waals surface area contributed by atoms with E-state index in [2.05, 4.69) is 4.98 Å². The molecule has 2 aromatic rings. The maximum atomic E-state index is 13.0. The highest BCUT2D eigenvalue weighted by molar-refractivity contribution is 5.91. The van der Waals surface area contributed by atoms with Gasteiger partial charge in [0.05, 0.1) is 19.1 Å². The van der Waals surface area contributed by atoms with E-state index in [0.29, 0.717) is 18.5 Å². The molecule has 0 unspecified atom stereocenters. The Morgan fingerprint density at radius 2 is 1.96 bits per heavy atom. The lowest BCUT2D eigenvalue weighted by Gasteiger charge is -2.53. The Kier molecular flexibility index (Phi) is 4.67. The van der Waals surface area contributed by atoms with Gasteiger partial charge in [-0.2, -0.15) is 0 Å². The SMILES string of the molecule is CCOC(=O)[C@@H]1[C@H](C(=O)OCC)CN(C)[C@@H]2Cc3c[nH]c4cccc(c34)[C@]12O. The topological polar surface area (TPSA) is 91.9 Å². The molecule has 2 heterocycles. The molecule has 2 aliphatic rings. The molecular formula is C21H26N2O5. The molecule has 0 radical (unpaired) electrons. The molecule has 1 aliphatic carbocycles. The normalized spacial score (nSPS) is 29.4. The summed E-state index contributed by atoms with van der Waals surface area (Å²) in [5.41, 5.74) is 1.12. The van der Waals surface area contributed by atoms with Crippen molar-refractivity contribution in [3.05, 3.63) is 35.5 Å². The molecule has 1 aromatic heterocycles. The summed E-state index contributed by atoms with van der Waals surface area (Å²) in [7, 11) is 1.88. The highest BCUT2D eigenvalue weighted by atomic mass is 16.5. The van der Waals surface area contributed by atoms with Crippen molar-refractivity contribution in [3.63, 3.8) is 0 Å². The number of carbonyl (C=O) groups is 2. The number of rotatable bonds is 4. The molecule has 0 saturated carbocycles. The molecule has 150 valence electrons. The maximum Gasteiger partial charge on any atom is 0.313 e. The molecule has 1 aliphatic heterocycles. The third-order valence-corrected chi connectivity index (χ3v) is 6.16. The molecule has 1 saturated heterocycles. The average Bonchev–Trinajstić information content (AvgIpc) is 3.08. The molecule has 0 bridgehead atoms. The second-order valence-electron chi connectivity index (χ2n) is 7.62. The summed E-state index contributed by atoms with van der Waals surface area (Å²) in [6.45, 7) is 4.18. The number of hydrogen-bond donors (Lipinski definition) is 2. The third-order valence-electron chi connectivity index (χ3n) is 6.16. The minimum atomic E-state index is -1.55. The second-order valence-corrected chi connectivity index (χ2v) is 7.62. The van der Waals surface area contributed by atoms with E-state index in [-0.39, 0.29) is 19.3 Å². The number of likely N-dealkylation sites (N-methyl/N-ethyl adjacent to an activating group) is 1. The summed E-state index contributed by atoms with van der Waals surface area (Å²) in [5, 5.41) is 13.0. The zero-order valence-corrected chi connectivity index (χ0v) is 16.4. The molecule has 4 rings (SSSR count). The minimum Gasteiger partial charge on any atom is -0.466 e. The van der Waals surface area contributed by atoms with Gasteiger partial charge in [-0.25, -0.2) is 0 Å². The molecule has 7 heteroatoms. The van der Waals surface area contributed by atoms with E-state index < -0.39 is 29.4 Å². The van der Waals surface area contributed by atoms with Gasteiger partial charge in [-0.1, -0.05) is 12.1 Å². The van der Waals surface area contributed by atoms with Crippen LogP contribution >= 0.6 is 0 Å². The molecule has 28 heavy (non-hydrogen) atoms. The fraction of sp³-hybridized carbons (Fsp3) is 0.524. The maximum absolute atomic E-state index is 13.0. The number of fused-ring (bicyclic) bond motifs is 2. The summed E-state index contributed by atoms with van der Waals surface area (Å²) < 4.78 is 10.6. The second kappa shape index (κ2) is 6.90. The standard InChI is InChI=1S/C21H26N2O5/c1-4-27-19(24)13-11-23(3)16-9-12-10-22-15-8-6-7-14(17(12)15)21(16,26)18(13)20(25)28-5-2/h6-8,10,13,16,18,22,26H,4-5,9,11H2,1-3H3/t13-,16-,18+,21-/m1/s1. The van der Waals surface area contributed by atoms with E-state index in [4.69, 9.17) is 9.47 Å². The van der Waals surface area contributed by atoms with Gasteiger partial charge in [0.2, 0.25) is 0 Å². The summed E-state index contributed by atoms with van der Waals surface area (Å²) in [5.74, 6) is -2.87. The van der Waals surface area contributed by atoms with Crippen LogP contribution in [0.4, 0.5) is 0 Å². The van der Waals surface area contributed by atoms with E-state index in [1.807, 2.05) is 36.3 Å². The molecule has 2 N–H and O–H groups in total. The van der Waals surface area contributed by atoms with E-state index in [0.717, 1.165) is 16.5 Å². The Morgan fingerprint density at radius 1 is 1.25 bits per heavy atom. The van der Waals surface area contributed by atoms with Crippen LogP contribution in [0.25, 0.3) is 10.9 Å². The van der Waals surface area contributed by atoms with Crippen molar-refractivity contribution >= 4 is 22.8 Å². The van der Waals surface area contributed by atoms with E-state index in [1.54, 1.807) is 13.8 Å². The average molecular weight is 386 g/mol. The zero-order valence-electron chi connectivity index (χ0n) is 16.4. The van der Waals surface area contributed by atoms with Crippen LogP contribution in [0.1, 0.15) is 25.0 Å². The number of esters is 2. The van der Waals surface area contributed by atoms with Gasteiger partial charge >= 0.3 is 11.9 Å². The number of nitrogens with one attached hydrogen (secondary N) is 1. The number of benzene rings is 1. The number of hydrogen-bond acceptors (Lipinski definition) is 6. The number of aromatic nitrogens is 1. The van der Waals surface area contributed by atoms with Gasteiger partial charge in [0.1, 0.15) is 11.5 Å². The van der Waals surface area contributed by atoms with Crippen molar-refractivity contribution < 1.29 is 24.2 Å². The van der Waals surface area contributed by atoms with Crippen molar-refractivity contribution in [1.29, 1.82) is 0 Å². The number of ether oxygens (including phenoxy) is 2. The van der Waals surface area contributed by atoms with Gasteiger partial charge < -0.3 is 19.6 Å². The lowest BCUT2D eigenvalue weighted by molar-refractivity contribution is -0.195. The van der Waals surface area contributed by atoms with Gasteiger partial charge in [-0.05, 0) is 44.5 Å². The fourth-order valence-electron chi connectivity index (χ4n) is 5.05. The van der Waals surface area contributed by atoms with Crippen LogP contribution in [0.3, 0.4) is 0 Å². The molecule has 1 fully saturated rings. The highest BCUT2D eigenvalue weighted by Gasteiger charge is 2.61. The van der Waals surface area contributed by atoms with Gasteiger partial charge in [-0.3, -0.25) is 14.5 Å². The van der Waals surface area contributed by atoms with Crippen LogP contribution in [-0.2, 0) is 31.1 Å². The molecule has 0 spiro atoms. The lowest BCUT2D eigenvalue weighted by Crippen LogP contribution is -2.66. The van der Waals surface area contributed by atoms with Crippen LogP contribution in [-0.4, -0.2) is 59.8 Å². The van der Waals surface area contributed by atoms with Crippen molar-refractivity contribution in [3.8, 4) is 0 Å². The number of likely N-dealkylation sites (tertiary alicyclic amines) is 1. The number of aliphatic hydroxyl groups is 1. The van der Waals surface area contributed by atoms with Crippen LogP contribution in [0.5, 0.6) is 0 Å². The molecular weight excluding hydrogens is 360 g/mol. The Labute approximate surface area is 163 Å². The summed E-state index contributed by atoms with van der Waals surface area (Å²) >= 11 is 0. The molecule has 4 atom stereocenters. The predicted molar refractivity (Wildman–Crippen MR) is 103 cm³/mol. The van der Waals surface area contributed by atoms with E-state index in [1.165, 1.54) is 0 Å². The van der Waals surface area contributed by atoms with Gasteiger partial charge in [0.15, 0.2) is 0 Å². The largest absolute Gasteiger partial charge is 0.466 e. The minimum absolute atomic E-state index is 0.182. The highest BCUT2D eigenvalue weighted by Crippen LogP contribution is 2.51. The van der Waals surface area contributed by atoms with Crippen LogP contribution in [0.15, 0.2) is 24.4 Å². The predicted octanol–water partition coefficient (Wildman–Crippen LogP) is 1.58. The molecule has 1 aromatic carbocycles.